The molecule has 2 heterocycles. The quantitative estimate of drug-likeness (QED) is 0.610. The molecule has 0 radical (unpaired) electrons. The summed E-state index contributed by atoms with van der Waals surface area (Å²) in [5, 5.41) is 9.06. The monoisotopic (exact) mass is 155 g/mol. The van der Waals surface area contributed by atoms with E-state index in [9.17, 15) is 0 Å². The second kappa shape index (κ2) is 3.11. The summed E-state index contributed by atoms with van der Waals surface area (Å²) in [5.74, 6) is 0. The summed E-state index contributed by atoms with van der Waals surface area (Å²) < 4.78 is 0. The van der Waals surface area contributed by atoms with Crippen molar-refractivity contribution >= 4 is 0 Å². The van der Waals surface area contributed by atoms with Crippen LogP contribution >= 0.6 is 0 Å². The molecule has 2 heteroatoms. The van der Waals surface area contributed by atoms with Crippen molar-refractivity contribution in [1.29, 1.82) is 0 Å². The van der Waals surface area contributed by atoms with Crippen LogP contribution in [0.25, 0.3) is 0 Å². The Morgan fingerprint density at radius 2 is 2.09 bits per heavy atom. The van der Waals surface area contributed by atoms with E-state index in [2.05, 4.69) is 4.90 Å². The van der Waals surface area contributed by atoms with Gasteiger partial charge in [0.1, 0.15) is 0 Å². The van der Waals surface area contributed by atoms with Gasteiger partial charge in [-0.2, -0.15) is 0 Å². The fourth-order valence-electron chi connectivity index (χ4n) is 2.56. The van der Waals surface area contributed by atoms with Crippen LogP contribution in [0.5, 0.6) is 0 Å². The van der Waals surface area contributed by atoms with Crippen molar-refractivity contribution in [2.24, 2.45) is 0 Å². The van der Waals surface area contributed by atoms with Crippen molar-refractivity contribution in [3.63, 3.8) is 0 Å². The lowest BCUT2D eigenvalue weighted by molar-refractivity contribution is 0.104. The molecule has 2 rings (SSSR count). The lowest BCUT2D eigenvalue weighted by atomic mass is 10.0. The molecule has 1 N–H and O–H groups in total. The Kier molecular flexibility index (Phi) is 2.14. The molecule has 2 aliphatic rings. The molecule has 11 heavy (non-hydrogen) atoms. The van der Waals surface area contributed by atoms with Gasteiger partial charge in [-0.25, -0.2) is 0 Å². The molecule has 2 aliphatic heterocycles. The third kappa shape index (κ3) is 1.30. The maximum absolute atomic E-state index is 9.06. The highest BCUT2D eigenvalue weighted by Crippen LogP contribution is 2.30. The van der Waals surface area contributed by atoms with Gasteiger partial charge < -0.3 is 5.11 Å². The maximum atomic E-state index is 9.06. The Balaban J connectivity index is 1.98. The maximum Gasteiger partial charge on any atom is 0.0586 e. The van der Waals surface area contributed by atoms with E-state index in [1.807, 2.05) is 0 Å². The van der Waals surface area contributed by atoms with E-state index in [1.54, 1.807) is 0 Å². The van der Waals surface area contributed by atoms with E-state index in [4.69, 9.17) is 5.11 Å². The molecule has 0 amide bonds. The lowest BCUT2D eigenvalue weighted by Crippen LogP contribution is -2.41. The van der Waals surface area contributed by atoms with Crippen LogP contribution in [0.4, 0.5) is 0 Å². The molecule has 0 unspecified atom stereocenters. The number of aliphatic hydroxyl groups is 1. The van der Waals surface area contributed by atoms with Crippen LogP contribution in [-0.2, 0) is 0 Å². The average Bonchev–Trinajstić information content (AvgIpc) is 2.47. The Bertz CT molecular complexity index is 132. The number of hydrogen-bond acceptors (Lipinski definition) is 2. The van der Waals surface area contributed by atoms with E-state index < -0.39 is 0 Å². The molecule has 0 aromatic heterocycles. The highest BCUT2D eigenvalue weighted by Gasteiger charge is 2.33. The molecule has 0 aliphatic carbocycles. The Morgan fingerprint density at radius 1 is 1.18 bits per heavy atom. The van der Waals surface area contributed by atoms with E-state index in [1.165, 1.54) is 38.6 Å². The number of aliphatic hydroxyl groups excluding tert-OH is 1. The summed E-state index contributed by atoms with van der Waals surface area (Å²) in [4.78, 5) is 2.52. The van der Waals surface area contributed by atoms with Crippen molar-refractivity contribution in [2.45, 2.75) is 44.2 Å². The molecule has 0 aromatic carbocycles. The van der Waals surface area contributed by atoms with E-state index in [-0.39, 0.29) is 0 Å². The average molecular weight is 155 g/mol. The van der Waals surface area contributed by atoms with E-state index in [0.29, 0.717) is 12.6 Å². The van der Waals surface area contributed by atoms with Gasteiger partial charge in [0.25, 0.3) is 0 Å². The lowest BCUT2D eigenvalue weighted by Gasteiger charge is -2.33. The van der Waals surface area contributed by atoms with Crippen molar-refractivity contribution < 1.29 is 5.11 Å². The molecule has 2 atom stereocenters. The summed E-state index contributed by atoms with van der Waals surface area (Å²) >= 11 is 0. The Morgan fingerprint density at radius 3 is 2.91 bits per heavy atom. The molecular formula is C9H17NO. The first-order valence-corrected chi connectivity index (χ1v) is 4.78. The zero-order valence-electron chi connectivity index (χ0n) is 7.00. The molecule has 64 valence electrons. The Labute approximate surface area is 68.2 Å². The van der Waals surface area contributed by atoms with Gasteiger partial charge in [-0.3, -0.25) is 4.90 Å². The molecular weight excluding hydrogens is 138 g/mol. The molecule has 0 spiro atoms. The largest absolute Gasteiger partial charge is 0.395 e. The zero-order valence-corrected chi connectivity index (χ0v) is 7.00. The predicted octanol–water partition coefficient (Wildman–Crippen LogP) is 0.996. The first kappa shape index (κ1) is 7.56. The second-order valence-electron chi connectivity index (χ2n) is 3.80. The smallest absolute Gasteiger partial charge is 0.0586 e. The van der Waals surface area contributed by atoms with Gasteiger partial charge in [-0.1, -0.05) is 6.42 Å². The number of piperidine rings is 1. The van der Waals surface area contributed by atoms with Crippen molar-refractivity contribution in [2.75, 3.05) is 13.2 Å². The van der Waals surface area contributed by atoms with Crippen molar-refractivity contribution in [3.8, 4) is 0 Å². The van der Waals surface area contributed by atoms with Crippen molar-refractivity contribution in [3.05, 3.63) is 0 Å². The highest BCUT2D eigenvalue weighted by atomic mass is 16.3. The zero-order chi connectivity index (χ0) is 7.68. The van der Waals surface area contributed by atoms with Gasteiger partial charge in [0, 0.05) is 12.1 Å². The Hall–Kier alpha value is -0.0800. The minimum Gasteiger partial charge on any atom is -0.395 e. The molecule has 2 nitrogen and oxygen atoms in total. The summed E-state index contributed by atoms with van der Waals surface area (Å²) in [6, 6.07) is 1.32. The number of fused-ring (bicyclic) bond motifs is 1. The number of rotatable bonds is 1. The normalized spacial score (nSPS) is 39.0. The third-order valence-electron chi connectivity index (χ3n) is 3.19. The fourth-order valence-corrected chi connectivity index (χ4v) is 2.56. The summed E-state index contributed by atoms with van der Waals surface area (Å²) in [5.41, 5.74) is 0. The van der Waals surface area contributed by atoms with E-state index >= 15 is 0 Å². The van der Waals surface area contributed by atoms with Gasteiger partial charge in [0.2, 0.25) is 0 Å². The molecule has 0 saturated carbocycles. The topological polar surface area (TPSA) is 23.5 Å². The molecule has 0 aromatic rings. The van der Waals surface area contributed by atoms with Gasteiger partial charge in [0.15, 0.2) is 0 Å². The first-order chi connectivity index (χ1) is 5.42. The molecule has 2 fully saturated rings. The summed E-state index contributed by atoms with van der Waals surface area (Å²) in [6.07, 6.45) is 6.66. The van der Waals surface area contributed by atoms with Crippen LogP contribution in [0.3, 0.4) is 0 Å². The highest BCUT2D eigenvalue weighted by molar-refractivity contribution is 4.89. The predicted molar refractivity (Wildman–Crippen MR) is 44.5 cm³/mol. The van der Waals surface area contributed by atoms with Crippen LogP contribution in [0.15, 0.2) is 0 Å². The standard InChI is InChI=1S/C9H17NO/c11-7-9-5-4-8-3-1-2-6-10(8)9/h8-9,11H,1-7H2/t8-,9-/m0/s1. The number of nitrogens with zero attached hydrogens (tertiary/aromatic N) is 1. The summed E-state index contributed by atoms with van der Waals surface area (Å²) in [7, 11) is 0. The van der Waals surface area contributed by atoms with Crippen LogP contribution in [-0.4, -0.2) is 35.2 Å². The number of hydrogen-bond donors (Lipinski definition) is 1. The fraction of sp³-hybridized carbons (Fsp3) is 1.00. The van der Waals surface area contributed by atoms with Gasteiger partial charge in [-0.05, 0) is 32.2 Å². The second-order valence-corrected chi connectivity index (χ2v) is 3.80. The van der Waals surface area contributed by atoms with E-state index in [0.717, 1.165) is 6.04 Å². The van der Waals surface area contributed by atoms with Crippen LogP contribution in [0.1, 0.15) is 32.1 Å². The van der Waals surface area contributed by atoms with Gasteiger partial charge in [-0.15, -0.1) is 0 Å². The van der Waals surface area contributed by atoms with Gasteiger partial charge in [0.05, 0.1) is 6.61 Å². The summed E-state index contributed by atoms with van der Waals surface area (Å²) in [6.45, 7) is 1.60. The van der Waals surface area contributed by atoms with Crippen LogP contribution in [0, 0.1) is 0 Å². The molecule has 0 bridgehead atoms. The van der Waals surface area contributed by atoms with Crippen LogP contribution < -0.4 is 0 Å². The SMILES string of the molecule is OC[C@@H]1CC[C@@H]2CCCCN21. The van der Waals surface area contributed by atoms with Gasteiger partial charge >= 0.3 is 0 Å². The third-order valence-corrected chi connectivity index (χ3v) is 3.19. The first-order valence-electron chi connectivity index (χ1n) is 4.78. The van der Waals surface area contributed by atoms with Crippen LogP contribution in [0.2, 0.25) is 0 Å². The minimum atomic E-state index is 0.372. The molecule has 2 saturated heterocycles. The van der Waals surface area contributed by atoms with Crippen molar-refractivity contribution in [1.82, 2.24) is 4.90 Å². The minimum absolute atomic E-state index is 0.372.